The summed E-state index contributed by atoms with van der Waals surface area (Å²) in [4.78, 5) is 31.7. The van der Waals surface area contributed by atoms with Crippen molar-refractivity contribution in [3.05, 3.63) is 71.4 Å². The van der Waals surface area contributed by atoms with Crippen molar-refractivity contribution in [2.24, 2.45) is 0 Å². The topological polar surface area (TPSA) is 78.9 Å². The molecule has 3 aromatic rings. The number of amides is 2. The van der Waals surface area contributed by atoms with E-state index in [1.54, 1.807) is 24.2 Å². The van der Waals surface area contributed by atoms with Crippen LogP contribution in [0.15, 0.2) is 66.6 Å². The molecule has 0 atom stereocenters. The van der Waals surface area contributed by atoms with E-state index in [9.17, 15) is 9.59 Å². The molecular formula is C25H27N5O3S. The third kappa shape index (κ3) is 5.43. The lowest BCUT2D eigenvalue weighted by molar-refractivity contribution is -0.132. The number of carbonyl (C=O) groups excluding carboxylic acids is 2. The zero-order chi connectivity index (χ0) is 23.9. The number of nitrogens with zero attached hydrogens (tertiary/aromatic N) is 5. The minimum Gasteiger partial charge on any atom is -0.497 e. The molecule has 1 saturated heterocycles. The predicted octanol–water partition coefficient (Wildman–Crippen LogP) is 3.19. The average molecular weight is 478 g/mol. The van der Waals surface area contributed by atoms with Crippen LogP contribution in [0, 0.1) is 0 Å². The number of piperazine rings is 1. The molecule has 2 amide bonds. The van der Waals surface area contributed by atoms with Crippen LogP contribution in [0.2, 0.25) is 0 Å². The van der Waals surface area contributed by atoms with E-state index in [1.165, 1.54) is 16.2 Å². The van der Waals surface area contributed by atoms with Gasteiger partial charge in [-0.2, -0.15) is 0 Å². The van der Waals surface area contributed by atoms with Crippen LogP contribution in [-0.2, 0) is 4.79 Å². The van der Waals surface area contributed by atoms with Gasteiger partial charge in [0.2, 0.25) is 5.91 Å². The second-order valence-corrected chi connectivity index (χ2v) is 8.78. The molecule has 1 fully saturated rings. The molecule has 9 heteroatoms. The fourth-order valence-electron chi connectivity index (χ4n) is 3.81. The fourth-order valence-corrected chi connectivity index (χ4v) is 4.50. The molecule has 0 unspecified atom stereocenters. The van der Waals surface area contributed by atoms with E-state index in [4.69, 9.17) is 4.74 Å². The monoisotopic (exact) mass is 477 g/mol. The number of hydrogen-bond donors (Lipinski definition) is 0. The highest BCUT2D eigenvalue weighted by Gasteiger charge is 2.25. The van der Waals surface area contributed by atoms with Gasteiger partial charge in [0, 0.05) is 38.3 Å². The minimum atomic E-state index is -0.145. The summed E-state index contributed by atoms with van der Waals surface area (Å²) in [5, 5.41) is 10.6. The Bertz CT molecular complexity index is 1130. The van der Waals surface area contributed by atoms with Gasteiger partial charge in [-0.05, 0) is 35.7 Å². The van der Waals surface area contributed by atoms with Crippen LogP contribution in [0.25, 0.3) is 11.3 Å². The first-order valence-electron chi connectivity index (χ1n) is 11.0. The Kier molecular flexibility index (Phi) is 7.54. The van der Waals surface area contributed by atoms with E-state index >= 15 is 0 Å². The molecule has 8 nitrogen and oxygen atoms in total. The largest absolute Gasteiger partial charge is 0.497 e. The molecule has 0 saturated carbocycles. The van der Waals surface area contributed by atoms with Crippen molar-refractivity contribution in [2.75, 3.05) is 51.3 Å². The second-order valence-electron chi connectivity index (χ2n) is 7.83. The lowest BCUT2D eigenvalue weighted by Crippen LogP contribution is -2.52. The third-order valence-electron chi connectivity index (χ3n) is 5.67. The van der Waals surface area contributed by atoms with Crippen molar-refractivity contribution in [1.29, 1.82) is 0 Å². The molecule has 0 bridgehead atoms. The Morgan fingerprint density at radius 3 is 2.59 bits per heavy atom. The van der Waals surface area contributed by atoms with Gasteiger partial charge in [0.1, 0.15) is 12.3 Å². The normalized spacial score (nSPS) is 13.4. The number of anilines is 1. The van der Waals surface area contributed by atoms with Crippen LogP contribution in [0.5, 0.6) is 5.75 Å². The molecule has 1 aliphatic rings. The zero-order valence-electron chi connectivity index (χ0n) is 19.1. The Morgan fingerprint density at radius 2 is 1.94 bits per heavy atom. The standard InChI is InChI=1S/C25H27N5O3S/c1-3-11-30(25(32)22-8-5-16-34-22)18-24(31)29-14-12-28(13-15-29)23-10-9-21(26-27-23)19-6-4-7-20(17-19)33-2/h3-10,16-17H,1,11-15,18H2,2H3. The number of benzene rings is 1. The lowest BCUT2D eigenvalue weighted by atomic mass is 10.1. The molecule has 4 rings (SSSR count). The number of methoxy groups -OCH3 is 1. The Labute approximate surface area is 203 Å². The van der Waals surface area contributed by atoms with Gasteiger partial charge in [0.05, 0.1) is 17.7 Å². The molecule has 3 heterocycles. The molecular weight excluding hydrogens is 450 g/mol. The van der Waals surface area contributed by atoms with Crippen LogP contribution in [0.4, 0.5) is 5.82 Å². The number of rotatable bonds is 8. The van der Waals surface area contributed by atoms with E-state index in [2.05, 4.69) is 21.7 Å². The lowest BCUT2D eigenvalue weighted by Gasteiger charge is -2.36. The van der Waals surface area contributed by atoms with Gasteiger partial charge >= 0.3 is 0 Å². The number of ether oxygens (including phenoxy) is 1. The summed E-state index contributed by atoms with van der Waals surface area (Å²) < 4.78 is 5.28. The van der Waals surface area contributed by atoms with E-state index < -0.39 is 0 Å². The van der Waals surface area contributed by atoms with Crippen molar-refractivity contribution >= 4 is 29.0 Å². The van der Waals surface area contributed by atoms with Gasteiger partial charge in [-0.25, -0.2) is 0 Å². The van der Waals surface area contributed by atoms with Crippen LogP contribution in [0.1, 0.15) is 9.67 Å². The summed E-state index contributed by atoms with van der Waals surface area (Å²) in [5.74, 6) is 1.34. The summed E-state index contributed by atoms with van der Waals surface area (Å²) >= 11 is 1.37. The van der Waals surface area contributed by atoms with Crippen LogP contribution < -0.4 is 9.64 Å². The average Bonchev–Trinajstić information content (AvgIpc) is 3.43. The van der Waals surface area contributed by atoms with Gasteiger partial charge in [-0.1, -0.05) is 24.3 Å². The van der Waals surface area contributed by atoms with Crippen molar-refractivity contribution in [3.8, 4) is 17.0 Å². The van der Waals surface area contributed by atoms with Crippen molar-refractivity contribution < 1.29 is 14.3 Å². The maximum Gasteiger partial charge on any atom is 0.264 e. The first kappa shape index (κ1) is 23.4. The zero-order valence-corrected chi connectivity index (χ0v) is 19.9. The van der Waals surface area contributed by atoms with E-state index in [-0.39, 0.29) is 18.4 Å². The van der Waals surface area contributed by atoms with Crippen molar-refractivity contribution in [2.45, 2.75) is 0 Å². The van der Waals surface area contributed by atoms with Gasteiger partial charge in [-0.3, -0.25) is 9.59 Å². The number of hydrogen-bond acceptors (Lipinski definition) is 7. The fraction of sp³-hybridized carbons (Fsp3) is 0.280. The molecule has 0 aliphatic carbocycles. The quantitative estimate of drug-likeness (QED) is 0.464. The van der Waals surface area contributed by atoms with Gasteiger partial charge in [0.15, 0.2) is 5.82 Å². The van der Waals surface area contributed by atoms with Gasteiger partial charge in [-0.15, -0.1) is 28.1 Å². The van der Waals surface area contributed by atoms with E-state index in [0.717, 1.165) is 22.8 Å². The second kappa shape index (κ2) is 10.9. The third-order valence-corrected chi connectivity index (χ3v) is 6.52. The SMILES string of the molecule is C=CCN(CC(=O)N1CCN(c2ccc(-c3cccc(OC)c3)nn2)CC1)C(=O)c1cccs1. The maximum absolute atomic E-state index is 12.9. The molecule has 0 radical (unpaired) electrons. The molecule has 2 aromatic heterocycles. The van der Waals surface area contributed by atoms with E-state index in [1.807, 2.05) is 47.8 Å². The number of aromatic nitrogens is 2. The van der Waals surface area contributed by atoms with Crippen LogP contribution >= 0.6 is 11.3 Å². The smallest absolute Gasteiger partial charge is 0.264 e. The Balaban J connectivity index is 1.33. The summed E-state index contributed by atoms with van der Waals surface area (Å²) in [6.45, 7) is 6.52. The molecule has 176 valence electrons. The van der Waals surface area contributed by atoms with Gasteiger partial charge in [0.25, 0.3) is 5.91 Å². The number of carbonyl (C=O) groups is 2. The Hall–Kier alpha value is -3.72. The molecule has 1 aromatic carbocycles. The van der Waals surface area contributed by atoms with Crippen LogP contribution in [-0.4, -0.2) is 78.2 Å². The van der Waals surface area contributed by atoms with E-state index in [0.29, 0.717) is 37.6 Å². The summed E-state index contributed by atoms with van der Waals surface area (Å²) in [7, 11) is 1.64. The molecule has 0 spiro atoms. The highest BCUT2D eigenvalue weighted by Crippen LogP contribution is 2.23. The van der Waals surface area contributed by atoms with Gasteiger partial charge < -0.3 is 19.4 Å². The first-order valence-corrected chi connectivity index (χ1v) is 11.9. The highest BCUT2D eigenvalue weighted by atomic mass is 32.1. The maximum atomic E-state index is 12.9. The molecule has 34 heavy (non-hydrogen) atoms. The molecule has 1 aliphatic heterocycles. The van der Waals surface area contributed by atoms with Crippen molar-refractivity contribution in [3.63, 3.8) is 0 Å². The van der Waals surface area contributed by atoms with Crippen molar-refractivity contribution in [1.82, 2.24) is 20.0 Å². The number of thiophene rings is 1. The summed E-state index contributed by atoms with van der Waals surface area (Å²) in [6, 6.07) is 15.2. The summed E-state index contributed by atoms with van der Waals surface area (Å²) in [6.07, 6.45) is 1.64. The predicted molar refractivity (Wildman–Crippen MR) is 133 cm³/mol. The summed E-state index contributed by atoms with van der Waals surface area (Å²) in [5.41, 5.74) is 1.71. The molecule has 0 N–H and O–H groups in total. The Morgan fingerprint density at radius 1 is 1.12 bits per heavy atom. The minimum absolute atomic E-state index is 0.0395. The highest BCUT2D eigenvalue weighted by molar-refractivity contribution is 7.12. The first-order chi connectivity index (χ1) is 16.6. The van der Waals surface area contributed by atoms with Crippen LogP contribution in [0.3, 0.4) is 0 Å².